The van der Waals surface area contributed by atoms with E-state index >= 15 is 0 Å². The van der Waals surface area contributed by atoms with E-state index in [0.717, 1.165) is 25.5 Å². The Labute approximate surface area is 141 Å². The quantitative estimate of drug-likeness (QED) is 0.404. The SMILES string of the molecule is CCCN=C(NCC)NCCNC(=O)c1ccc(Cl)c(Cl)c1. The highest BCUT2D eigenvalue weighted by molar-refractivity contribution is 6.42. The zero-order chi connectivity index (χ0) is 16.4. The van der Waals surface area contributed by atoms with Gasteiger partial charge in [0.1, 0.15) is 0 Å². The summed E-state index contributed by atoms with van der Waals surface area (Å²) >= 11 is 11.7. The molecule has 5 nitrogen and oxygen atoms in total. The normalized spacial score (nSPS) is 11.2. The molecule has 3 N–H and O–H groups in total. The molecule has 0 saturated heterocycles. The molecule has 0 fully saturated rings. The Kier molecular flexibility index (Phi) is 8.70. The molecule has 0 heterocycles. The van der Waals surface area contributed by atoms with Crippen LogP contribution in [0.2, 0.25) is 10.0 Å². The maximum Gasteiger partial charge on any atom is 0.251 e. The molecule has 0 aliphatic rings. The van der Waals surface area contributed by atoms with E-state index in [0.29, 0.717) is 28.7 Å². The van der Waals surface area contributed by atoms with Crippen molar-refractivity contribution in [2.45, 2.75) is 20.3 Å². The molecule has 0 saturated carbocycles. The Morgan fingerprint density at radius 3 is 2.45 bits per heavy atom. The number of aliphatic imine (C=N–C) groups is 1. The standard InChI is InChI=1S/C15H22Cl2N4O/c1-3-7-20-15(18-4-2)21-9-8-19-14(22)11-5-6-12(16)13(17)10-11/h5-6,10H,3-4,7-9H2,1-2H3,(H,19,22)(H2,18,20,21). The summed E-state index contributed by atoms with van der Waals surface area (Å²) in [6.45, 7) is 6.72. The minimum absolute atomic E-state index is 0.184. The van der Waals surface area contributed by atoms with Crippen LogP contribution in [-0.2, 0) is 0 Å². The molecular weight excluding hydrogens is 323 g/mol. The summed E-state index contributed by atoms with van der Waals surface area (Å²) < 4.78 is 0. The monoisotopic (exact) mass is 344 g/mol. The second-order valence-electron chi connectivity index (χ2n) is 4.57. The number of benzene rings is 1. The molecule has 0 aliphatic carbocycles. The lowest BCUT2D eigenvalue weighted by Crippen LogP contribution is -2.41. The molecule has 0 aliphatic heterocycles. The topological polar surface area (TPSA) is 65.5 Å². The summed E-state index contributed by atoms with van der Waals surface area (Å²) in [5.74, 6) is 0.573. The number of rotatable bonds is 7. The Hall–Kier alpha value is -1.46. The van der Waals surface area contributed by atoms with Crippen LogP contribution < -0.4 is 16.0 Å². The highest BCUT2D eigenvalue weighted by Gasteiger charge is 2.07. The molecule has 22 heavy (non-hydrogen) atoms. The van der Waals surface area contributed by atoms with Gasteiger partial charge in [-0.15, -0.1) is 0 Å². The zero-order valence-corrected chi connectivity index (χ0v) is 14.4. The predicted octanol–water partition coefficient (Wildman–Crippen LogP) is 2.69. The molecular formula is C15H22Cl2N4O. The van der Waals surface area contributed by atoms with Crippen molar-refractivity contribution in [2.75, 3.05) is 26.2 Å². The molecule has 0 bridgehead atoms. The number of guanidine groups is 1. The van der Waals surface area contributed by atoms with E-state index in [1.807, 2.05) is 6.92 Å². The van der Waals surface area contributed by atoms with Crippen molar-refractivity contribution in [3.63, 3.8) is 0 Å². The molecule has 0 spiro atoms. The van der Waals surface area contributed by atoms with Gasteiger partial charge in [0.25, 0.3) is 5.91 Å². The second-order valence-corrected chi connectivity index (χ2v) is 5.39. The molecule has 122 valence electrons. The van der Waals surface area contributed by atoms with Gasteiger partial charge in [-0.25, -0.2) is 0 Å². The second kappa shape index (κ2) is 10.3. The third-order valence-corrected chi connectivity index (χ3v) is 3.46. The molecule has 1 aromatic carbocycles. The van der Waals surface area contributed by atoms with Gasteiger partial charge in [0.05, 0.1) is 10.0 Å². The summed E-state index contributed by atoms with van der Waals surface area (Å²) in [7, 11) is 0. The minimum atomic E-state index is -0.184. The van der Waals surface area contributed by atoms with Gasteiger partial charge in [-0.2, -0.15) is 0 Å². The van der Waals surface area contributed by atoms with Crippen molar-refractivity contribution >= 4 is 35.1 Å². The minimum Gasteiger partial charge on any atom is -0.357 e. The number of nitrogens with one attached hydrogen (secondary N) is 3. The molecule has 1 amide bonds. The molecule has 1 aromatic rings. The van der Waals surface area contributed by atoms with E-state index in [9.17, 15) is 4.79 Å². The number of hydrogen-bond donors (Lipinski definition) is 3. The van der Waals surface area contributed by atoms with Crippen molar-refractivity contribution in [2.24, 2.45) is 4.99 Å². The number of hydrogen-bond acceptors (Lipinski definition) is 2. The molecule has 0 unspecified atom stereocenters. The summed E-state index contributed by atoms with van der Waals surface area (Å²) in [5, 5.41) is 9.92. The van der Waals surface area contributed by atoms with Gasteiger partial charge in [-0.05, 0) is 31.5 Å². The Balaban J connectivity index is 2.39. The first-order valence-corrected chi connectivity index (χ1v) is 8.09. The molecule has 0 radical (unpaired) electrons. The van der Waals surface area contributed by atoms with Gasteiger partial charge >= 0.3 is 0 Å². The van der Waals surface area contributed by atoms with E-state index in [-0.39, 0.29) is 5.91 Å². The first-order chi connectivity index (χ1) is 10.6. The van der Waals surface area contributed by atoms with Crippen LogP contribution >= 0.6 is 23.2 Å². The molecule has 7 heteroatoms. The van der Waals surface area contributed by atoms with Crippen molar-refractivity contribution in [3.8, 4) is 0 Å². The van der Waals surface area contributed by atoms with Crippen molar-refractivity contribution in [3.05, 3.63) is 33.8 Å². The van der Waals surface area contributed by atoms with E-state index in [1.165, 1.54) is 0 Å². The zero-order valence-electron chi connectivity index (χ0n) is 12.9. The third kappa shape index (κ3) is 6.54. The van der Waals surface area contributed by atoms with Crippen LogP contribution in [0, 0.1) is 0 Å². The van der Waals surface area contributed by atoms with Crippen LogP contribution in [0.3, 0.4) is 0 Å². The summed E-state index contributed by atoms with van der Waals surface area (Å²) in [5.41, 5.74) is 0.487. The summed E-state index contributed by atoms with van der Waals surface area (Å²) in [4.78, 5) is 16.3. The number of carbonyl (C=O) groups excluding carboxylic acids is 1. The van der Waals surface area contributed by atoms with Crippen molar-refractivity contribution in [1.29, 1.82) is 0 Å². The predicted molar refractivity (Wildman–Crippen MR) is 93.1 cm³/mol. The van der Waals surface area contributed by atoms with Crippen LogP contribution in [0.25, 0.3) is 0 Å². The fraction of sp³-hybridized carbons (Fsp3) is 0.467. The summed E-state index contributed by atoms with van der Waals surface area (Å²) in [6.07, 6.45) is 0.991. The Morgan fingerprint density at radius 1 is 1.09 bits per heavy atom. The van der Waals surface area contributed by atoms with Crippen molar-refractivity contribution < 1.29 is 4.79 Å². The van der Waals surface area contributed by atoms with Crippen molar-refractivity contribution in [1.82, 2.24) is 16.0 Å². The van der Waals surface area contributed by atoms with Crippen LogP contribution in [-0.4, -0.2) is 38.0 Å². The van der Waals surface area contributed by atoms with E-state index in [1.54, 1.807) is 18.2 Å². The number of amides is 1. The first-order valence-electron chi connectivity index (χ1n) is 7.33. The van der Waals surface area contributed by atoms with Gasteiger partial charge in [0.2, 0.25) is 0 Å². The summed E-state index contributed by atoms with van der Waals surface area (Å²) in [6, 6.07) is 4.81. The third-order valence-electron chi connectivity index (χ3n) is 2.72. The van der Waals surface area contributed by atoms with E-state index < -0.39 is 0 Å². The fourth-order valence-corrected chi connectivity index (χ4v) is 1.96. The van der Waals surface area contributed by atoms with E-state index in [4.69, 9.17) is 23.2 Å². The average Bonchev–Trinajstić information content (AvgIpc) is 2.51. The Bertz CT molecular complexity index is 520. The maximum absolute atomic E-state index is 12.0. The van der Waals surface area contributed by atoms with Crippen LogP contribution in [0.15, 0.2) is 23.2 Å². The first kappa shape index (κ1) is 18.6. The number of nitrogens with zero attached hydrogens (tertiary/aromatic N) is 1. The van der Waals surface area contributed by atoms with Crippen LogP contribution in [0.4, 0.5) is 0 Å². The van der Waals surface area contributed by atoms with E-state index in [2.05, 4.69) is 27.9 Å². The largest absolute Gasteiger partial charge is 0.357 e. The van der Waals surface area contributed by atoms with Crippen LogP contribution in [0.1, 0.15) is 30.6 Å². The smallest absolute Gasteiger partial charge is 0.251 e. The fourth-order valence-electron chi connectivity index (χ4n) is 1.66. The average molecular weight is 345 g/mol. The Morgan fingerprint density at radius 2 is 1.82 bits per heavy atom. The highest BCUT2D eigenvalue weighted by atomic mass is 35.5. The lowest BCUT2D eigenvalue weighted by Gasteiger charge is -2.11. The van der Waals surface area contributed by atoms with Gasteiger partial charge in [-0.1, -0.05) is 30.1 Å². The van der Waals surface area contributed by atoms with Crippen LogP contribution in [0.5, 0.6) is 0 Å². The maximum atomic E-state index is 12.0. The van der Waals surface area contributed by atoms with Gasteiger partial charge in [-0.3, -0.25) is 9.79 Å². The van der Waals surface area contributed by atoms with Gasteiger partial charge in [0.15, 0.2) is 5.96 Å². The molecule has 1 rings (SSSR count). The highest BCUT2D eigenvalue weighted by Crippen LogP contribution is 2.22. The lowest BCUT2D eigenvalue weighted by atomic mass is 10.2. The number of carbonyl (C=O) groups is 1. The number of halogens is 2. The van der Waals surface area contributed by atoms with Gasteiger partial charge < -0.3 is 16.0 Å². The van der Waals surface area contributed by atoms with Gasteiger partial charge in [0, 0.05) is 31.7 Å². The molecule has 0 atom stereocenters. The molecule has 0 aromatic heterocycles. The lowest BCUT2D eigenvalue weighted by molar-refractivity contribution is 0.0954.